The lowest BCUT2D eigenvalue weighted by Gasteiger charge is -2.42. The number of carbonyl (C=O) groups excluding carboxylic acids is 2. The van der Waals surface area contributed by atoms with Crippen LogP contribution < -0.4 is 5.32 Å². The molecule has 0 bridgehead atoms. The minimum atomic E-state index is -0.939. The lowest BCUT2D eigenvalue weighted by molar-refractivity contribution is -0.142. The van der Waals surface area contributed by atoms with E-state index in [2.05, 4.69) is 24.1 Å². The number of nitrogens with zero attached hydrogens (tertiary/aromatic N) is 2. The Hall–Kier alpha value is -1.14. The number of rotatable bonds is 4. The first-order valence-electron chi connectivity index (χ1n) is 7.47. The third-order valence-electron chi connectivity index (χ3n) is 4.09. The van der Waals surface area contributed by atoms with E-state index in [0.29, 0.717) is 19.0 Å². The minimum Gasteiger partial charge on any atom is -0.383 e. The molecule has 0 saturated carbocycles. The predicted molar refractivity (Wildman–Crippen MR) is 75.1 cm³/mol. The van der Waals surface area contributed by atoms with Crippen molar-refractivity contribution in [1.29, 1.82) is 0 Å². The molecule has 1 atom stereocenters. The Morgan fingerprint density at radius 2 is 2.10 bits per heavy atom. The molecule has 0 aromatic heterocycles. The van der Waals surface area contributed by atoms with Crippen LogP contribution in [0, 0.1) is 0 Å². The van der Waals surface area contributed by atoms with E-state index in [0.717, 1.165) is 25.9 Å². The van der Waals surface area contributed by atoms with Gasteiger partial charge in [0.2, 0.25) is 5.91 Å². The van der Waals surface area contributed by atoms with Crippen LogP contribution in [0.25, 0.3) is 0 Å². The summed E-state index contributed by atoms with van der Waals surface area (Å²) in [6.45, 7) is 6.64. The highest BCUT2D eigenvalue weighted by Gasteiger charge is 2.31. The first-order valence-corrected chi connectivity index (χ1v) is 7.47. The molecule has 20 heavy (non-hydrogen) atoms. The van der Waals surface area contributed by atoms with Crippen molar-refractivity contribution in [2.24, 2.45) is 0 Å². The molecule has 0 aromatic rings. The summed E-state index contributed by atoms with van der Waals surface area (Å²) in [6.07, 6.45) is 1.24. The van der Waals surface area contributed by atoms with Crippen molar-refractivity contribution in [2.45, 2.75) is 51.3 Å². The molecule has 2 aliphatic heterocycles. The summed E-state index contributed by atoms with van der Waals surface area (Å²) in [5, 5.41) is 12.6. The van der Waals surface area contributed by atoms with Gasteiger partial charge in [-0.2, -0.15) is 0 Å². The van der Waals surface area contributed by atoms with E-state index in [1.165, 1.54) is 4.90 Å². The zero-order chi connectivity index (χ0) is 14.7. The molecule has 0 spiro atoms. The number of hydrogen-bond donors (Lipinski definition) is 2. The van der Waals surface area contributed by atoms with Crippen LogP contribution in [0.5, 0.6) is 0 Å². The van der Waals surface area contributed by atoms with Crippen molar-refractivity contribution in [3.8, 4) is 0 Å². The molecule has 2 saturated heterocycles. The van der Waals surface area contributed by atoms with Gasteiger partial charge >= 0.3 is 0 Å². The Balaban J connectivity index is 1.75. The number of nitrogens with one attached hydrogen (secondary N) is 1. The normalized spacial score (nSPS) is 25.5. The van der Waals surface area contributed by atoms with Gasteiger partial charge in [0.25, 0.3) is 5.91 Å². The van der Waals surface area contributed by atoms with E-state index >= 15 is 0 Å². The predicted octanol–water partition coefficient (Wildman–Crippen LogP) is -0.431. The summed E-state index contributed by atoms with van der Waals surface area (Å²) >= 11 is 0. The number of aliphatic hydroxyl groups is 1. The first kappa shape index (κ1) is 15.3. The van der Waals surface area contributed by atoms with Crippen molar-refractivity contribution in [2.75, 3.05) is 26.2 Å². The lowest BCUT2D eigenvalue weighted by atomic mass is 10.1. The number of hydrogen-bond acceptors (Lipinski definition) is 4. The summed E-state index contributed by atoms with van der Waals surface area (Å²) in [6, 6.07) is 0.697. The first-order chi connectivity index (χ1) is 9.47. The summed E-state index contributed by atoms with van der Waals surface area (Å²) in [4.78, 5) is 27.6. The molecule has 2 aliphatic rings. The van der Waals surface area contributed by atoms with Crippen LogP contribution in [0.4, 0.5) is 0 Å². The lowest BCUT2D eigenvalue weighted by Crippen LogP contribution is -2.62. The van der Waals surface area contributed by atoms with Gasteiger partial charge < -0.3 is 15.3 Å². The summed E-state index contributed by atoms with van der Waals surface area (Å²) in [5.74, 6) is -0.434. The van der Waals surface area contributed by atoms with Crippen LogP contribution in [-0.4, -0.2) is 71.1 Å². The standard InChI is InChI=1S/C14H25N3O3/c1-10(2)17-7-11(8-17)15-13(19)9-16-6-4-3-5-12(18)14(16)20/h10-12,18H,3-9H2,1-2H3,(H,15,19). The summed E-state index contributed by atoms with van der Waals surface area (Å²) in [5.41, 5.74) is 0. The van der Waals surface area contributed by atoms with Gasteiger partial charge in [0.15, 0.2) is 0 Å². The average Bonchev–Trinajstić information content (AvgIpc) is 2.48. The molecule has 2 rings (SSSR count). The van der Waals surface area contributed by atoms with E-state index in [1.54, 1.807) is 0 Å². The van der Waals surface area contributed by atoms with E-state index in [4.69, 9.17) is 0 Å². The number of aliphatic hydroxyl groups excluding tert-OH is 1. The second kappa shape index (κ2) is 6.54. The van der Waals surface area contributed by atoms with E-state index in [9.17, 15) is 14.7 Å². The van der Waals surface area contributed by atoms with Crippen molar-refractivity contribution in [3.05, 3.63) is 0 Å². The van der Waals surface area contributed by atoms with Gasteiger partial charge in [0, 0.05) is 25.7 Å². The summed E-state index contributed by atoms with van der Waals surface area (Å²) in [7, 11) is 0. The van der Waals surface area contributed by atoms with Gasteiger partial charge in [0.1, 0.15) is 6.10 Å². The van der Waals surface area contributed by atoms with Crippen molar-refractivity contribution in [3.63, 3.8) is 0 Å². The van der Waals surface area contributed by atoms with Crippen LogP contribution in [0.15, 0.2) is 0 Å². The Morgan fingerprint density at radius 1 is 1.40 bits per heavy atom. The third kappa shape index (κ3) is 3.70. The van der Waals surface area contributed by atoms with Crippen molar-refractivity contribution >= 4 is 11.8 Å². The second-order valence-electron chi connectivity index (χ2n) is 6.08. The minimum absolute atomic E-state index is 0.0636. The Labute approximate surface area is 120 Å². The highest BCUT2D eigenvalue weighted by molar-refractivity contribution is 5.87. The zero-order valence-electron chi connectivity index (χ0n) is 12.3. The molecule has 2 fully saturated rings. The largest absolute Gasteiger partial charge is 0.383 e. The van der Waals surface area contributed by atoms with Crippen LogP contribution in [0.2, 0.25) is 0 Å². The molecule has 2 amide bonds. The fraction of sp³-hybridized carbons (Fsp3) is 0.857. The average molecular weight is 283 g/mol. The quantitative estimate of drug-likeness (QED) is 0.734. The third-order valence-corrected chi connectivity index (χ3v) is 4.09. The SMILES string of the molecule is CC(C)N1CC(NC(=O)CN2CCCCC(O)C2=O)C1. The van der Waals surface area contributed by atoms with Crippen LogP contribution in [0.3, 0.4) is 0 Å². The Kier molecular flexibility index (Phi) is 4.99. The topological polar surface area (TPSA) is 72.9 Å². The van der Waals surface area contributed by atoms with Gasteiger partial charge in [0.05, 0.1) is 12.6 Å². The van der Waals surface area contributed by atoms with E-state index in [-0.39, 0.29) is 24.4 Å². The molecule has 0 aromatic carbocycles. The summed E-state index contributed by atoms with van der Waals surface area (Å²) < 4.78 is 0. The molecular weight excluding hydrogens is 258 g/mol. The van der Waals surface area contributed by atoms with Gasteiger partial charge in [-0.1, -0.05) is 0 Å². The monoisotopic (exact) mass is 283 g/mol. The Bertz CT molecular complexity index is 367. The zero-order valence-corrected chi connectivity index (χ0v) is 12.3. The van der Waals surface area contributed by atoms with Gasteiger partial charge in [-0.25, -0.2) is 0 Å². The second-order valence-corrected chi connectivity index (χ2v) is 6.08. The maximum absolute atomic E-state index is 12.0. The van der Waals surface area contributed by atoms with E-state index in [1.807, 2.05) is 0 Å². The molecule has 1 unspecified atom stereocenters. The fourth-order valence-electron chi connectivity index (χ4n) is 2.71. The van der Waals surface area contributed by atoms with Crippen LogP contribution in [0.1, 0.15) is 33.1 Å². The maximum Gasteiger partial charge on any atom is 0.251 e. The molecular formula is C14H25N3O3. The Morgan fingerprint density at radius 3 is 2.75 bits per heavy atom. The van der Waals surface area contributed by atoms with Gasteiger partial charge in [-0.15, -0.1) is 0 Å². The van der Waals surface area contributed by atoms with Gasteiger partial charge in [-0.05, 0) is 33.1 Å². The smallest absolute Gasteiger partial charge is 0.251 e. The molecule has 2 heterocycles. The van der Waals surface area contributed by atoms with Crippen molar-refractivity contribution in [1.82, 2.24) is 15.1 Å². The molecule has 0 aliphatic carbocycles. The number of likely N-dealkylation sites (tertiary alicyclic amines) is 2. The molecule has 6 heteroatoms. The molecule has 6 nitrogen and oxygen atoms in total. The molecule has 2 N–H and O–H groups in total. The molecule has 114 valence electrons. The fourth-order valence-corrected chi connectivity index (χ4v) is 2.71. The number of carbonyl (C=O) groups is 2. The van der Waals surface area contributed by atoms with Crippen LogP contribution >= 0.6 is 0 Å². The van der Waals surface area contributed by atoms with Crippen LogP contribution in [-0.2, 0) is 9.59 Å². The van der Waals surface area contributed by atoms with Gasteiger partial charge in [-0.3, -0.25) is 14.5 Å². The highest BCUT2D eigenvalue weighted by atomic mass is 16.3. The van der Waals surface area contributed by atoms with Crippen molar-refractivity contribution < 1.29 is 14.7 Å². The molecule has 0 radical (unpaired) electrons. The highest BCUT2D eigenvalue weighted by Crippen LogP contribution is 2.13. The number of amides is 2. The maximum atomic E-state index is 12.0. The van der Waals surface area contributed by atoms with E-state index < -0.39 is 6.10 Å².